The summed E-state index contributed by atoms with van der Waals surface area (Å²) in [6.45, 7) is 1.11. The number of β-amino-alcohol motifs (C(OH)–C–C–N with tert-alkyl or cyclic N) is 1. The first-order valence-corrected chi connectivity index (χ1v) is 7.01. The second kappa shape index (κ2) is 6.01. The second-order valence-electron chi connectivity index (χ2n) is 5.15. The highest BCUT2D eigenvalue weighted by atomic mass is 16.3. The van der Waals surface area contributed by atoms with Gasteiger partial charge in [-0.25, -0.2) is 0 Å². The number of hydrogen-bond acceptors (Lipinski definition) is 5. The molecule has 1 saturated heterocycles. The first-order valence-electron chi connectivity index (χ1n) is 7.01. The van der Waals surface area contributed by atoms with E-state index in [1.807, 2.05) is 30.3 Å². The van der Waals surface area contributed by atoms with E-state index in [-0.39, 0.29) is 12.5 Å². The number of tetrazole rings is 1. The summed E-state index contributed by atoms with van der Waals surface area (Å²) in [5, 5.41) is 21.7. The van der Waals surface area contributed by atoms with E-state index in [0.717, 1.165) is 18.4 Å². The number of amides is 1. The van der Waals surface area contributed by atoms with E-state index in [0.29, 0.717) is 18.9 Å². The molecule has 21 heavy (non-hydrogen) atoms. The fraction of sp³-hybridized carbons (Fsp3) is 0.429. The van der Waals surface area contributed by atoms with Crippen LogP contribution >= 0.6 is 0 Å². The monoisotopic (exact) mass is 287 g/mol. The molecular formula is C14H17N5O2. The van der Waals surface area contributed by atoms with Gasteiger partial charge in [-0.3, -0.25) is 4.79 Å². The Hall–Kier alpha value is -2.28. The predicted molar refractivity (Wildman–Crippen MR) is 75.1 cm³/mol. The highest BCUT2D eigenvalue weighted by Crippen LogP contribution is 2.13. The lowest BCUT2D eigenvalue weighted by Gasteiger charge is -2.29. The van der Waals surface area contributed by atoms with Crippen LogP contribution in [0.5, 0.6) is 0 Å². The van der Waals surface area contributed by atoms with Crippen LogP contribution in [0.3, 0.4) is 0 Å². The largest absolute Gasteiger partial charge is 0.391 e. The second-order valence-corrected chi connectivity index (χ2v) is 5.15. The quantitative estimate of drug-likeness (QED) is 0.879. The number of likely N-dealkylation sites (tertiary alicyclic amines) is 1. The van der Waals surface area contributed by atoms with Gasteiger partial charge in [0, 0.05) is 18.7 Å². The van der Waals surface area contributed by atoms with Crippen molar-refractivity contribution in [1.82, 2.24) is 25.1 Å². The smallest absolute Gasteiger partial charge is 0.246 e. The third-order valence-electron chi connectivity index (χ3n) is 3.51. The lowest BCUT2D eigenvalue weighted by Crippen LogP contribution is -2.43. The Balaban J connectivity index is 1.66. The Morgan fingerprint density at radius 3 is 2.90 bits per heavy atom. The minimum Gasteiger partial charge on any atom is -0.391 e. The number of hydrogen-bond donors (Lipinski definition) is 1. The van der Waals surface area contributed by atoms with E-state index < -0.39 is 6.10 Å². The number of aliphatic hydroxyl groups is 1. The molecular weight excluding hydrogens is 270 g/mol. The number of rotatable bonds is 3. The maximum absolute atomic E-state index is 12.1. The van der Waals surface area contributed by atoms with Gasteiger partial charge < -0.3 is 10.0 Å². The molecule has 2 heterocycles. The molecule has 0 aliphatic carbocycles. The average molecular weight is 287 g/mol. The Kier molecular flexibility index (Phi) is 3.92. The summed E-state index contributed by atoms with van der Waals surface area (Å²) in [6.07, 6.45) is 1.16. The fourth-order valence-electron chi connectivity index (χ4n) is 2.42. The van der Waals surface area contributed by atoms with Crippen molar-refractivity contribution in [2.75, 3.05) is 13.1 Å². The molecule has 1 atom stereocenters. The summed E-state index contributed by atoms with van der Waals surface area (Å²) in [5.41, 5.74) is 0.865. The molecule has 7 nitrogen and oxygen atoms in total. The number of aliphatic hydroxyl groups excluding tert-OH is 1. The Morgan fingerprint density at radius 1 is 1.33 bits per heavy atom. The lowest BCUT2D eigenvalue weighted by molar-refractivity contribution is -0.135. The molecule has 1 amide bonds. The molecule has 7 heteroatoms. The van der Waals surface area contributed by atoms with Crippen molar-refractivity contribution in [1.29, 1.82) is 0 Å². The minimum atomic E-state index is -0.425. The van der Waals surface area contributed by atoms with Crippen LogP contribution in [0.1, 0.15) is 12.8 Å². The maximum atomic E-state index is 12.1. The normalized spacial score (nSPS) is 18.7. The first-order chi connectivity index (χ1) is 10.2. The molecule has 1 aliphatic heterocycles. The van der Waals surface area contributed by atoms with E-state index in [1.165, 1.54) is 4.80 Å². The van der Waals surface area contributed by atoms with E-state index in [9.17, 15) is 9.90 Å². The van der Waals surface area contributed by atoms with E-state index in [4.69, 9.17) is 0 Å². The predicted octanol–water partition coefficient (Wildman–Crippen LogP) is 0.323. The van der Waals surface area contributed by atoms with Crippen molar-refractivity contribution in [3.8, 4) is 11.4 Å². The average Bonchev–Trinajstić information content (AvgIpc) is 2.97. The van der Waals surface area contributed by atoms with Crippen LogP contribution in [-0.4, -0.2) is 55.3 Å². The molecule has 1 aliphatic rings. The van der Waals surface area contributed by atoms with Gasteiger partial charge in [0.25, 0.3) is 0 Å². The first kappa shape index (κ1) is 13.7. The molecule has 1 N–H and O–H groups in total. The maximum Gasteiger partial charge on any atom is 0.246 e. The zero-order chi connectivity index (χ0) is 14.7. The van der Waals surface area contributed by atoms with Gasteiger partial charge >= 0.3 is 0 Å². The van der Waals surface area contributed by atoms with Crippen molar-refractivity contribution in [3.05, 3.63) is 30.3 Å². The Morgan fingerprint density at radius 2 is 2.14 bits per heavy atom. The van der Waals surface area contributed by atoms with Crippen LogP contribution in [0.15, 0.2) is 30.3 Å². The minimum absolute atomic E-state index is 0.0482. The molecule has 1 unspecified atom stereocenters. The molecule has 1 aromatic heterocycles. The molecule has 0 radical (unpaired) electrons. The summed E-state index contributed by atoms with van der Waals surface area (Å²) in [7, 11) is 0. The molecule has 0 bridgehead atoms. The van der Waals surface area contributed by atoms with Crippen LogP contribution in [0.4, 0.5) is 0 Å². The van der Waals surface area contributed by atoms with Crippen molar-refractivity contribution >= 4 is 5.91 Å². The molecule has 1 fully saturated rings. The molecule has 110 valence electrons. The van der Waals surface area contributed by atoms with Crippen LogP contribution in [0.2, 0.25) is 0 Å². The van der Waals surface area contributed by atoms with Crippen molar-refractivity contribution in [2.24, 2.45) is 0 Å². The van der Waals surface area contributed by atoms with Crippen molar-refractivity contribution in [3.63, 3.8) is 0 Å². The number of benzene rings is 1. The van der Waals surface area contributed by atoms with E-state index >= 15 is 0 Å². The molecule has 2 aromatic rings. The highest BCUT2D eigenvalue weighted by Gasteiger charge is 2.22. The third kappa shape index (κ3) is 3.25. The summed E-state index contributed by atoms with van der Waals surface area (Å²) in [6, 6.07) is 9.50. The lowest BCUT2D eigenvalue weighted by atomic mass is 10.1. The zero-order valence-corrected chi connectivity index (χ0v) is 11.6. The van der Waals surface area contributed by atoms with Gasteiger partial charge in [-0.1, -0.05) is 30.3 Å². The summed E-state index contributed by atoms with van der Waals surface area (Å²) in [4.78, 5) is 15.1. The molecule has 1 aromatic carbocycles. The number of nitrogens with zero attached hydrogens (tertiary/aromatic N) is 5. The topological polar surface area (TPSA) is 84.1 Å². The Labute approximate surface area is 122 Å². The van der Waals surface area contributed by atoms with Gasteiger partial charge in [-0.15, -0.1) is 10.2 Å². The van der Waals surface area contributed by atoms with Gasteiger partial charge in [0.15, 0.2) is 0 Å². The number of carbonyl (C=O) groups excluding carboxylic acids is 1. The number of aromatic nitrogens is 4. The fourth-order valence-corrected chi connectivity index (χ4v) is 2.42. The van der Waals surface area contributed by atoms with E-state index in [1.54, 1.807) is 4.90 Å². The van der Waals surface area contributed by atoms with Crippen LogP contribution < -0.4 is 0 Å². The SMILES string of the molecule is O=C(Cn1nnc(-c2ccccc2)n1)N1CCCC(O)C1. The van der Waals surface area contributed by atoms with Crippen molar-refractivity contribution < 1.29 is 9.90 Å². The molecule has 0 saturated carbocycles. The summed E-state index contributed by atoms with van der Waals surface area (Å²) < 4.78 is 0. The van der Waals surface area contributed by atoms with Crippen LogP contribution in [0, 0.1) is 0 Å². The Bertz CT molecular complexity index is 613. The van der Waals surface area contributed by atoms with E-state index in [2.05, 4.69) is 15.4 Å². The van der Waals surface area contributed by atoms with Gasteiger partial charge in [-0.05, 0) is 18.1 Å². The van der Waals surface area contributed by atoms with Crippen molar-refractivity contribution in [2.45, 2.75) is 25.5 Å². The van der Waals surface area contributed by atoms with Gasteiger partial charge in [0.2, 0.25) is 11.7 Å². The van der Waals surface area contributed by atoms with Crippen LogP contribution in [0.25, 0.3) is 11.4 Å². The van der Waals surface area contributed by atoms with Crippen LogP contribution in [-0.2, 0) is 11.3 Å². The standard InChI is InChI=1S/C14H17N5O2/c20-12-7-4-8-18(9-12)13(21)10-19-16-14(15-17-19)11-5-2-1-3-6-11/h1-3,5-6,12,20H,4,7-10H2. The third-order valence-corrected chi connectivity index (χ3v) is 3.51. The van der Waals surface area contributed by atoms with Gasteiger partial charge in [0.05, 0.1) is 6.10 Å². The number of carbonyl (C=O) groups is 1. The highest BCUT2D eigenvalue weighted by molar-refractivity contribution is 5.76. The summed E-state index contributed by atoms with van der Waals surface area (Å²) >= 11 is 0. The summed E-state index contributed by atoms with van der Waals surface area (Å²) in [5.74, 6) is 0.410. The van der Waals surface area contributed by atoms with Gasteiger partial charge in [0.1, 0.15) is 6.54 Å². The molecule has 3 rings (SSSR count). The zero-order valence-electron chi connectivity index (χ0n) is 11.6. The molecule has 0 spiro atoms. The number of piperidine rings is 1. The van der Waals surface area contributed by atoms with Gasteiger partial charge in [-0.2, -0.15) is 4.80 Å².